The van der Waals surface area contributed by atoms with Gasteiger partial charge in [0.05, 0.1) is 35.6 Å². The van der Waals surface area contributed by atoms with Crippen LogP contribution in [0.4, 0.5) is 0 Å². The van der Waals surface area contributed by atoms with Crippen LogP contribution >= 0.6 is 31.7 Å². The highest BCUT2D eigenvalue weighted by Gasteiger charge is 2.39. The Balaban J connectivity index is 0.000000135. The van der Waals surface area contributed by atoms with Crippen molar-refractivity contribution in [3.8, 4) is 50.6 Å². The lowest BCUT2D eigenvalue weighted by molar-refractivity contribution is 0.317. The van der Waals surface area contributed by atoms with Crippen LogP contribution in [-0.4, -0.2) is 135 Å². The first-order chi connectivity index (χ1) is 59.0. The number of hydrogen-bond acceptors (Lipinski definition) is 10. The summed E-state index contributed by atoms with van der Waals surface area (Å²) >= 11 is 0. The van der Waals surface area contributed by atoms with E-state index in [1.54, 1.807) is 30.6 Å². The molecule has 0 amide bonds. The van der Waals surface area contributed by atoms with Gasteiger partial charge in [0.2, 0.25) is 0 Å². The molecule has 0 spiro atoms. The lowest BCUT2D eigenvalue weighted by Gasteiger charge is -2.34. The zero-order valence-corrected chi connectivity index (χ0v) is 75.4. The molecular weight excluding hydrogens is 1560 g/mol. The van der Waals surface area contributed by atoms with E-state index in [9.17, 15) is 15.3 Å². The van der Waals surface area contributed by atoms with Crippen molar-refractivity contribution in [1.29, 1.82) is 0 Å². The summed E-state index contributed by atoms with van der Waals surface area (Å²) in [4.78, 5) is 23.9. The Bertz CT molecular complexity index is 5180. The third-order valence-electron chi connectivity index (χ3n) is 24.9. The van der Waals surface area contributed by atoms with Gasteiger partial charge in [0.1, 0.15) is 30.5 Å². The molecule has 3 N–H and O–H groups in total. The summed E-state index contributed by atoms with van der Waals surface area (Å²) < 4.78 is 11.3. The first-order valence-corrected chi connectivity index (χ1v) is 50.8. The molecule has 14 heteroatoms. The lowest BCUT2D eigenvalue weighted by Crippen LogP contribution is -2.21. The molecule has 11 aromatic carbocycles. The Morgan fingerprint density at radius 2 is 0.793 bits per heavy atom. The number of phenols is 3. The maximum atomic E-state index is 11.7. The predicted molar refractivity (Wildman–Crippen MR) is 522 cm³/mol. The van der Waals surface area contributed by atoms with Crippen LogP contribution in [0.2, 0.25) is 0 Å². The molecule has 624 valence electrons. The maximum absolute atomic E-state index is 11.7. The predicted octanol–water partition coefficient (Wildman–Crippen LogP) is 27.0. The number of hydrogen-bond donors (Lipinski definition) is 3. The summed E-state index contributed by atoms with van der Waals surface area (Å²) in [6.45, 7) is 21.2. The van der Waals surface area contributed by atoms with Gasteiger partial charge in [-0.1, -0.05) is 310 Å². The molecule has 3 saturated heterocycles. The second-order valence-corrected chi connectivity index (χ2v) is 45.8. The number of phenolic OH excluding ortho intramolecular Hbond substituents is 3. The number of nitrogens with zero attached hydrogens (tertiary/aromatic N) is 5. The molecule has 0 aliphatic carbocycles. The maximum Gasteiger partial charge on any atom is 0.184 e. The van der Waals surface area contributed by atoms with Gasteiger partial charge >= 0.3 is 0 Å². The minimum Gasteiger partial charge on any atom is -0.507 e. The molecule has 0 bridgehead atoms. The van der Waals surface area contributed by atoms with Crippen molar-refractivity contribution in [2.45, 2.75) is 178 Å². The molecule has 12 aromatic rings. The van der Waals surface area contributed by atoms with E-state index in [4.69, 9.17) is 24.4 Å². The molecule has 0 radical (unpaired) electrons. The van der Waals surface area contributed by atoms with Gasteiger partial charge in [0.15, 0.2) is 11.8 Å². The average Bonchev–Trinajstić information content (AvgIpc) is 1.21. The molecule has 10 nitrogen and oxygen atoms in total. The number of ether oxygens (including phenoxy) is 2. The van der Waals surface area contributed by atoms with Crippen molar-refractivity contribution in [3.05, 3.63) is 319 Å². The van der Waals surface area contributed by atoms with E-state index >= 15 is 0 Å². The summed E-state index contributed by atoms with van der Waals surface area (Å²) in [6, 6.07) is 95.6. The number of para-hydroxylation sites is 1. The Morgan fingerprint density at radius 1 is 0.397 bits per heavy atom. The molecule has 0 unspecified atom stereocenters. The SMILES string of the molecule is C(=N[C@H](Cc1ccccc1)c1ccccc1)c1cccc(C=N[C@H](Cc2ccccc2)c2ccccc2)n1.C[C@@H]1COC(CCP(CCC2=N[C@H](C)CO2)c2ccccc2)=N1.C[C@H]1CC[C@H](C)P1CC(CP1[C@@H](C)CC[C@@H]1C)CP1[C@@H](C)CC[C@@H]1C.Oc1ccc2ccccc2c1-c1c(O)c(-c2cccc(-c3ccccc3)c2O)cc2ccccc12. The minimum absolute atomic E-state index is 0.0101. The van der Waals surface area contributed by atoms with Crippen LogP contribution < -0.4 is 5.30 Å². The van der Waals surface area contributed by atoms with Crippen LogP contribution in [0.15, 0.2) is 305 Å². The summed E-state index contributed by atoms with van der Waals surface area (Å²) in [5, 5.41) is 39.0. The van der Waals surface area contributed by atoms with E-state index in [0.717, 1.165) is 141 Å². The van der Waals surface area contributed by atoms with E-state index in [-0.39, 0.29) is 37.3 Å². The van der Waals surface area contributed by atoms with E-state index in [2.05, 4.69) is 193 Å². The smallest absolute Gasteiger partial charge is 0.184 e. The Hall–Kier alpha value is -9.51. The number of pyridine rings is 1. The molecule has 6 heterocycles. The fraction of sp³-hybridized carbons (Fsp3) is 0.336. The van der Waals surface area contributed by atoms with Gasteiger partial charge in [-0.25, -0.2) is 15.0 Å². The van der Waals surface area contributed by atoms with Crippen molar-refractivity contribution in [2.24, 2.45) is 25.9 Å². The number of rotatable bonds is 26. The Morgan fingerprint density at radius 3 is 1.25 bits per heavy atom. The van der Waals surface area contributed by atoms with E-state index in [1.807, 2.05) is 158 Å². The van der Waals surface area contributed by atoms with Gasteiger partial charge in [0.25, 0.3) is 0 Å². The average molecular weight is 1680 g/mol. The van der Waals surface area contributed by atoms with Gasteiger partial charge < -0.3 is 24.8 Å². The zero-order chi connectivity index (χ0) is 84.0. The van der Waals surface area contributed by atoms with Crippen LogP contribution in [0.3, 0.4) is 0 Å². The monoisotopic (exact) mass is 1680 g/mol. The van der Waals surface area contributed by atoms with Gasteiger partial charge in [-0.2, -0.15) is 0 Å². The number of aromatic nitrogens is 1. The summed E-state index contributed by atoms with van der Waals surface area (Å²) in [6.07, 6.45) is 23.7. The molecule has 3 fully saturated rings. The van der Waals surface area contributed by atoms with E-state index < -0.39 is 0 Å². The topological polar surface area (TPSA) is 141 Å². The summed E-state index contributed by atoms with van der Waals surface area (Å²) in [5.41, 5.74) is 16.6. The molecule has 121 heavy (non-hydrogen) atoms. The van der Waals surface area contributed by atoms with Gasteiger partial charge in [-0.15, -0.1) is 23.8 Å². The number of benzene rings is 11. The minimum atomic E-state index is -0.238. The van der Waals surface area contributed by atoms with E-state index in [0.29, 0.717) is 63.7 Å². The Kier molecular flexibility index (Phi) is 31.6. The number of aromatic hydroxyl groups is 3. The van der Waals surface area contributed by atoms with Crippen LogP contribution in [0.25, 0.3) is 54.9 Å². The van der Waals surface area contributed by atoms with Crippen molar-refractivity contribution < 1.29 is 24.8 Å². The van der Waals surface area contributed by atoms with Crippen molar-refractivity contribution in [3.63, 3.8) is 0 Å². The number of aliphatic imine (C=N–C) groups is 4. The van der Waals surface area contributed by atoms with Gasteiger partial charge in [0, 0.05) is 53.1 Å². The first-order valence-electron chi connectivity index (χ1n) is 44.0. The standard InChI is InChI=1S/C35H31N3.C32H22O3.C22H43P3.C18H25N2O2P/c1-5-14-28(15-6-1)24-34(30-18-9-3-10-19-30)36-26-32-22-13-23-33(38-32)27-37-35(31-20-11-4-12-21-31)25-29-16-7-2-8-17-29;33-28-18-17-21-11-4-6-13-23(21)29(28)30-24-14-7-5-12-22(24)19-27(32(30)35)26-16-8-15-25(31(26)34)20-9-2-1-3-10-20;1-16-7-8-17(2)23(16)13-22(14-24-18(3)9-10-19(24)4)15-25-20(5)11-12-21(25)6;1-14-12-21-17(19-14)8-10-23(16-6-4-3-5-7-16)11-9-18-20-15(2)13-22-18/h1-23,26-27,34-35H,24-25H2;1-19,33-35H;16-22H,7-15H2,1-6H3;3-7,14-15H,8-13H2,1-2H3/t34-,35-;;16-,17-,18-,19-,20-,21-;14-,15-/m1.01/s1. The quantitative estimate of drug-likeness (QED) is 0.0364. The fourth-order valence-electron chi connectivity index (χ4n) is 18.1. The molecule has 17 rings (SSSR count). The highest BCUT2D eigenvalue weighted by molar-refractivity contribution is 7.65. The molecule has 1 aromatic heterocycles. The zero-order valence-electron chi connectivity index (χ0n) is 71.8. The molecule has 10 atom stereocenters. The molecule has 0 saturated carbocycles. The molecular formula is C107H121N5O5P4. The summed E-state index contributed by atoms with van der Waals surface area (Å²) in [5.74, 6) is 3.15. The van der Waals surface area contributed by atoms with Crippen LogP contribution in [-0.2, 0) is 22.3 Å². The van der Waals surface area contributed by atoms with E-state index in [1.165, 1.54) is 66.1 Å². The lowest BCUT2D eigenvalue weighted by atomic mass is 9.88. The van der Waals surface area contributed by atoms with Crippen molar-refractivity contribution in [1.82, 2.24) is 4.98 Å². The number of fused-ring (bicyclic) bond motifs is 2. The van der Waals surface area contributed by atoms with Gasteiger partial charge in [-0.3, -0.25) is 9.98 Å². The third kappa shape index (κ3) is 23.7. The van der Waals surface area contributed by atoms with Gasteiger partial charge in [-0.05, 0) is 215 Å². The van der Waals surface area contributed by atoms with Crippen LogP contribution in [0.1, 0.15) is 152 Å². The normalized spacial score (nSPS) is 20.3. The first kappa shape index (κ1) is 87.8. The second-order valence-electron chi connectivity index (χ2n) is 33.9. The van der Waals surface area contributed by atoms with Crippen LogP contribution in [0, 0.1) is 5.92 Å². The highest BCUT2D eigenvalue weighted by atomic mass is 31.1. The Labute approximate surface area is 724 Å². The highest BCUT2D eigenvalue weighted by Crippen LogP contribution is 2.64. The third-order valence-corrected chi connectivity index (χ3v) is 38.6. The van der Waals surface area contributed by atoms with Crippen molar-refractivity contribution >= 4 is 82.8 Å². The fourth-order valence-corrected chi connectivity index (χ4v) is 31.2. The second kappa shape index (κ2) is 43.5. The van der Waals surface area contributed by atoms with Crippen molar-refractivity contribution in [2.75, 3.05) is 44.0 Å². The largest absolute Gasteiger partial charge is 0.507 e. The van der Waals surface area contributed by atoms with Crippen LogP contribution in [0.5, 0.6) is 17.2 Å². The molecule has 5 aliphatic heterocycles. The summed E-state index contributed by atoms with van der Waals surface area (Å²) in [7, 11) is 0.711. The molecule has 5 aliphatic rings.